The Bertz CT molecular complexity index is 1080. The smallest absolute Gasteiger partial charge is 0.254 e. The van der Waals surface area contributed by atoms with E-state index in [1.165, 1.54) is 6.21 Å². The lowest BCUT2D eigenvalue weighted by Crippen LogP contribution is -2.40. The average Bonchev–Trinajstić information content (AvgIpc) is 3.36. The van der Waals surface area contributed by atoms with Gasteiger partial charge in [-0.15, -0.1) is 0 Å². The van der Waals surface area contributed by atoms with Gasteiger partial charge in [0.25, 0.3) is 11.8 Å². The van der Waals surface area contributed by atoms with E-state index >= 15 is 0 Å². The maximum absolute atomic E-state index is 12.9. The van der Waals surface area contributed by atoms with Crippen LogP contribution in [0.15, 0.2) is 52.0 Å². The summed E-state index contributed by atoms with van der Waals surface area (Å²) < 4.78 is 5.82. The highest BCUT2D eigenvalue weighted by molar-refractivity contribution is 6.31. The predicted octanol–water partition coefficient (Wildman–Crippen LogP) is 4.30. The molecule has 6 atom stereocenters. The summed E-state index contributed by atoms with van der Waals surface area (Å²) in [6.45, 7) is 1.94. The van der Waals surface area contributed by atoms with Crippen LogP contribution in [0.5, 0.6) is 0 Å². The molecule has 0 N–H and O–H groups in total. The third kappa shape index (κ3) is 2.43. The van der Waals surface area contributed by atoms with E-state index in [-0.39, 0.29) is 35.5 Å². The van der Waals surface area contributed by atoms with Crippen molar-refractivity contribution >= 4 is 29.6 Å². The van der Waals surface area contributed by atoms with E-state index in [2.05, 4.69) is 17.3 Å². The van der Waals surface area contributed by atoms with Gasteiger partial charge in [-0.1, -0.05) is 35.9 Å². The summed E-state index contributed by atoms with van der Waals surface area (Å²) in [6.07, 6.45) is 6.91. The van der Waals surface area contributed by atoms with E-state index in [4.69, 9.17) is 16.0 Å². The normalized spacial score (nSPS) is 34.2. The Kier molecular flexibility index (Phi) is 3.52. The Balaban J connectivity index is 1.24. The monoisotopic (exact) mass is 406 g/mol. The molecule has 7 rings (SSSR count). The number of halogens is 1. The number of hydrogen-bond acceptors (Lipinski definition) is 4. The maximum Gasteiger partial charge on any atom is 0.254 e. The molecule has 5 aliphatic rings. The Morgan fingerprint density at radius 2 is 1.76 bits per heavy atom. The number of carbonyl (C=O) groups excluding carboxylic acids is 2. The largest absolute Gasteiger partial charge is 0.455 e. The van der Waals surface area contributed by atoms with Crippen LogP contribution in [0, 0.1) is 42.4 Å². The van der Waals surface area contributed by atoms with Crippen LogP contribution in [0.1, 0.15) is 17.7 Å². The number of aryl methyl sites for hydroxylation is 1. The van der Waals surface area contributed by atoms with Crippen molar-refractivity contribution in [2.24, 2.45) is 40.6 Å². The molecule has 2 aromatic rings. The first-order valence-electron chi connectivity index (χ1n) is 9.99. The van der Waals surface area contributed by atoms with Gasteiger partial charge in [0, 0.05) is 10.6 Å². The zero-order valence-corrected chi connectivity index (χ0v) is 16.5. The molecule has 2 bridgehead atoms. The van der Waals surface area contributed by atoms with Gasteiger partial charge in [0.15, 0.2) is 0 Å². The number of imide groups is 1. The lowest BCUT2D eigenvalue weighted by molar-refractivity contribution is -0.140. The Labute approximate surface area is 173 Å². The molecular weight excluding hydrogens is 388 g/mol. The number of hydrazone groups is 1. The molecule has 0 radical (unpaired) electrons. The van der Waals surface area contributed by atoms with Gasteiger partial charge in [-0.25, -0.2) is 0 Å². The van der Waals surface area contributed by atoms with Crippen LogP contribution in [0.25, 0.3) is 11.3 Å². The van der Waals surface area contributed by atoms with Gasteiger partial charge in [0.2, 0.25) is 0 Å². The molecule has 29 heavy (non-hydrogen) atoms. The summed E-state index contributed by atoms with van der Waals surface area (Å²) in [7, 11) is 0. The Hall–Kier alpha value is -2.66. The molecule has 2 saturated carbocycles. The van der Waals surface area contributed by atoms with Crippen LogP contribution in [-0.2, 0) is 9.59 Å². The van der Waals surface area contributed by atoms with Crippen molar-refractivity contribution in [2.75, 3.05) is 0 Å². The van der Waals surface area contributed by atoms with Gasteiger partial charge in [-0.05, 0) is 60.8 Å². The van der Waals surface area contributed by atoms with Crippen LogP contribution in [0.3, 0.4) is 0 Å². The maximum atomic E-state index is 12.9. The van der Waals surface area contributed by atoms with E-state index < -0.39 is 0 Å². The van der Waals surface area contributed by atoms with Crippen LogP contribution < -0.4 is 0 Å². The van der Waals surface area contributed by atoms with Crippen molar-refractivity contribution in [1.82, 2.24) is 5.01 Å². The van der Waals surface area contributed by atoms with Crippen molar-refractivity contribution in [3.05, 3.63) is 58.8 Å². The van der Waals surface area contributed by atoms with Gasteiger partial charge in [0.1, 0.15) is 11.5 Å². The average molecular weight is 407 g/mol. The third-order valence-corrected chi connectivity index (χ3v) is 7.43. The molecule has 4 aliphatic carbocycles. The predicted molar refractivity (Wildman–Crippen MR) is 108 cm³/mol. The van der Waals surface area contributed by atoms with Gasteiger partial charge < -0.3 is 4.42 Å². The SMILES string of the molecule is Cc1ccc(-c2ccc(/C=N\N3C(=O)[C@H]4[C@@H]5C=C[C@H]([C@H]6C[C@H]56)[C@@H]4C3=O)o2)cc1Cl. The van der Waals surface area contributed by atoms with E-state index in [9.17, 15) is 9.59 Å². The summed E-state index contributed by atoms with van der Waals surface area (Å²) in [5.74, 6) is 1.90. The number of carbonyl (C=O) groups is 2. The minimum absolute atomic E-state index is 0.168. The van der Waals surface area contributed by atoms with E-state index in [0.717, 1.165) is 22.6 Å². The van der Waals surface area contributed by atoms with Crippen molar-refractivity contribution in [3.63, 3.8) is 0 Å². The molecule has 1 aliphatic heterocycles. The summed E-state index contributed by atoms with van der Waals surface area (Å²) in [4.78, 5) is 25.9. The fraction of sp³-hybridized carbons (Fsp3) is 0.348. The topological polar surface area (TPSA) is 62.9 Å². The fourth-order valence-corrected chi connectivity index (χ4v) is 5.67. The minimum Gasteiger partial charge on any atom is -0.455 e. The van der Waals surface area contributed by atoms with Crippen LogP contribution in [0.4, 0.5) is 0 Å². The van der Waals surface area contributed by atoms with E-state index in [1.54, 1.807) is 6.07 Å². The fourth-order valence-electron chi connectivity index (χ4n) is 5.49. The highest BCUT2D eigenvalue weighted by atomic mass is 35.5. The van der Waals surface area contributed by atoms with Crippen LogP contribution in [0.2, 0.25) is 5.02 Å². The molecular formula is C23H19ClN2O3. The summed E-state index contributed by atoms with van der Waals surface area (Å²) in [5.41, 5.74) is 1.86. The highest BCUT2D eigenvalue weighted by Crippen LogP contribution is 2.65. The van der Waals surface area contributed by atoms with Crippen molar-refractivity contribution in [1.29, 1.82) is 0 Å². The Morgan fingerprint density at radius 1 is 1.07 bits per heavy atom. The van der Waals surface area contributed by atoms with Gasteiger partial charge in [0.05, 0.1) is 18.1 Å². The van der Waals surface area contributed by atoms with E-state index in [1.807, 2.05) is 31.2 Å². The van der Waals surface area contributed by atoms with Gasteiger partial charge in [-0.2, -0.15) is 10.1 Å². The second kappa shape index (κ2) is 5.92. The number of rotatable bonds is 3. The second-order valence-electron chi connectivity index (χ2n) is 8.55. The second-order valence-corrected chi connectivity index (χ2v) is 8.96. The molecule has 146 valence electrons. The zero-order valence-electron chi connectivity index (χ0n) is 15.8. The first-order valence-corrected chi connectivity index (χ1v) is 10.4. The minimum atomic E-state index is -0.236. The van der Waals surface area contributed by atoms with Crippen LogP contribution >= 0.6 is 11.6 Å². The van der Waals surface area contributed by atoms with Crippen molar-refractivity contribution < 1.29 is 14.0 Å². The van der Waals surface area contributed by atoms with E-state index in [0.29, 0.717) is 28.4 Å². The number of hydrogen-bond donors (Lipinski definition) is 0. The number of benzene rings is 1. The quantitative estimate of drug-likeness (QED) is 0.434. The van der Waals surface area contributed by atoms with Crippen LogP contribution in [-0.4, -0.2) is 23.0 Å². The Morgan fingerprint density at radius 3 is 2.41 bits per heavy atom. The first-order chi connectivity index (χ1) is 14.0. The first kappa shape index (κ1) is 17.2. The molecule has 3 fully saturated rings. The van der Waals surface area contributed by atoms with Gasteiger partial charge in [-0.3, -0.25) is 9.59 Å². The number of amides is 2. The molecule has 0 spiro atoms. The summed E-state index contributed by atoms with van der Waals surface area (Å²) in [6, 6.07) is 9.32. The molecule has 1 aromatic carbocycles. The van der Waals surface area contributed by atoms with Crippen molar-refractivity contribution in [3.8, 4) is 11.3 Å². The zero-order chi connectivity index (χ0) is 19.9. The number of allylic oxidation sites excluding steroid dienone is 2. The molecule has 2 heterocycles. The molecule has 5 nitrogen and oxygen atoms in total. The molecule has 0 unspecified atom stereocenters. The standard InChI is InChI=1S/C23H19ClN2O3/c1-11-2-3-12(8-18(11)24)19-7-4-13(29-19)10-25-26-22(27)20-14-5-6-15(17-9-16(14)17)21(20)23(26)28/h2-8,10,14-17,20-21H,9H2,1H3/b25-10-/t14-,15-,16-,17-,20+,21+/m1/s1. The number of furan rings is 1. The highest BCUT2D eigenvalue weighted by Gasteiger charge is 2.67. The summed E-state index contributed by atoms with van der Waals surface area (Å²) >= 11 is 6.20. The molecule has 2 amide bonds. The summed E-state index contributed by atoms with van der Waals surface area (Å²) in [5, 5.41) is 5.96. The van der Waals surface area contributed by atoms with Gasteiger partial charge >= 0.3 is 0 Å². The third-order valence-electron chi connectivity index (χ3n) is 7.02. The molecule has 1 aromatic heterocycles. The van der Waals surface area contributed by atoms with Crippen molar-refractivity contribution in [2.45, 2.75) is 13.3 Å². The lowest BCUT2D eigenvalue weighted by atomic mass is 9.63. The number of nitrogens with zero attached hydrogens (tertiary/aromatic N) is 2. The molecule has 6 heteroatoms. The lowest BCUT2D eigenvalue weighted by Gasteiger charge is -2.37. The molecule has 1 saturated heterocycles.